The van der Waals surface area contributed by atoms with Gasteiger partial charge in [0.15, 0.2) is 0 Å². The Morgan fingerprint density at radius 1 is 1.41 bits per heavy atom. The minimum absolute atomic E-state index is 0.0224. The lowest BCUT2D eigenvalue weighted by atomic mass is 10.0. The van der Waals surface area contributed by atoms with E-state index in [0.29, 0.717) is 0 Å². The highest BCUT2D eigenvalue weighted by Gasteiger charge is 2.15. The smallest absolute Gasteiger partial charge is 0.303 e. The number of aliphatic carboxylic acids is 1. The fraction of sp³-hybridized carbons (Fsp3) is 0.500. The Kier molecular flexibility index (Phi) is 5.15. The third-order valence-electron chi connectivity index (χ3n) is 2.48. The highest BCUT2D eigenvalue weighted by molar-refractivity contribution is 7.07. The number of thiophene rings is 1. The van der Waals surface area contributed by atoms with Crippen molar-refractivity contribution in [3.63, 3.8) is 0 Å². The lowest BCUT2D eigenvalue weighted by Crippen LogP contribution is -2.28. The molecule has 0 aliphatic rings. The average Bonchev–Trinajstić information content (AvgIpc) is 2.67. The van der Waals surface area contributed by atoms with Gasteiger partial charge in [-0.25, -0.2) is 0 Å². The molecule has 2 unspecified atom stereocenters. The van der Waals surface area contributed by atoms with Crippen molar-refractivity contribution in [1.82, 2.24) is 5.32 Å². The molecule has 4 nitrogen and oxygen atoms in total. The van der Waals surface area contributed by atoms with Crippen molar-refractivity contribution in [2.24, 2.45) is 5.92 Å². The Balaban J connectivity index is 2.37. The van der Waals surface area contributed by atoms with Crippen molar-refractivity contribution in [3.8, 4) is 0 Å². The molecule has 0 radical (unpaired) electrons. The summed E-state index contributed by atoms with van der Waals surface area (Å²) in [5.41, 5.74) is 1.08. The summed E-state index contributed by atoms with van der Waals surface area (Å²) in [6.45, 7) is 3.69. The van der Waals surface area contributed by atoms with Gasteiger partial charge in [0.2, 0.25) is 5.91 Å². The van der Waals surface area contributed by atoms with E-state index in [0.717, 1.165) is 5.56 Å². The SMILES string of the molecule is CC(CC(=O)O)CC(=O)NC(C)c1ccsc1. The number of hydrogen-bond donors (Lipinski definition) is 2. The molecular formula is C12H17NO3S. The second-order valence-corrected chi connectivity index (χ2v) is 5.03. The predicted octanol–water partition coefficient (Wildman–Crippen LogP) is 2.43. The summed E-state index contributed by atoms with van der Waals surface area (Å²) in [6.07, 6.45) is 0.279. The first-order chi connectivity index (χ1) is 7.99. The van der Waals surface area contributed by atoms with Crippen LogP contribution in [0.25, 0.3) is 0 Å². The first-order valence-corrected chi connectivity index (χ1v) is 6.46. The van der Waals surface area contributed by atoms with Gasteiger partial charge in [-0.15, -0.1) is 0 Å². The monoisotopic (exact) mass is 255 g/mol. The maximum atomic E-state index is 11.6. The predicted molar refractivity (Wildman–Crippen MR) is 66.9 cm³/mol. The van der Waals surface area contributed by atoms with Gasteiger partial charge < -0.3 is 10.4 Å². The molecule has 1 amide bonds. The first-order valence-electron chi connectivity index (χ1n) is 5.52. The number of rotatable bonds is 6. The van der Waals surface area contributed by atoms with Gasteiger partial charge in [-0.1, -0.05) is 6.92 Å². The maximum Gasteiger partial charge on any atom is 0.303 e. The third kappa shape index (κ3) is 4.99. The number of nitrogens with one attached hydrogen (secondary N) is 1. The number of carboxylic acids is 1. The standard InChI is InChI=1S/C12H17NO3S/c1-8(6-12(15)16)5-11(14)13-9(2)10-3-4-17-7-10/h3-4,7-9H,5-6H2,1-2H3,(H,13,14)(H,15,16). The van der Waals surface area contributed by atoms with E-state index >= 15 is 0 Å². The van der Waals surface area contributed by atoms with Crippen LogP contribution in [0.15, 0.2) is 16.8 Å². The third-order valence-corrected chi connectivity index (χ3v) is 3.18. The summed E-state index contributed by atoms with van der Waals surface area (Å²) >= 11 is 1.59. The first kappa shape index (κ1) is 13.7. The van der Waals surface area contributed by atoms with Crippen LogP contribution in [-0.4, -0.2) is 17.0 Å². The van der Waals surface area contributed by atoms with Crippen LogP contribution in [0, 0.1) is 5.92 Å². The average molecular weight is 255 g/mol. The topological polar surface area (TPSA) is 66.4 Å². The molecule has 1 aromatic heterocycles. The van der Waals surface area contributed by atoms with Crippen molar-refractivity contribution < 1.29 is 14.7 Å². The molecule has 0 aliphatic carbocycles. The van der Waals surface area contributed by atoms with Gasteiger partial charge in [0, 0.05) is 12.8 Å². The number of carbonyl (C=O) groups excluding carboxylic acids is 1. The van der Waals surface area contributed by atoms with Crippen molar-refractivity contribution >= 4 is 23.2 Å². The fourth-order valence-corrected chi connectivity index (χ4v) is 2.35. The summed E-state index contributed by atoms with van der Waals surface area (Å²) in [4.78, 5) is 22.1. The van der Waals surface area contributed by atoms with Crippen LogP contribution in [0.4, 0.5) is 0 Å². The van der Waals surface area contributed by atoms with E-state index in [1.165, 1.54) is 0 Å². The van der Waals surface area contributed by atoms with E-state index in [9.17, 15) is 9.59 Å². The molecule has 1 aromatic rings. The zero-order valence-corrected chi connectivity index (χ0v) is 10.8. The van der Waals surface area contributed by atoms with Crippen molar-refractivity contribution in [3.05, 3.63) is 22.4 Å². The second-order valence-electron chi connectivity index (χ2n) is 4.25. The lowest BCUT2D eigenvalue weighted by Gasteiger charge is -2.14. The van der Waals surface area contributed by atoms with Crippen LogP contribution in [0.1, 0.15) is 38.3 Å². The molecule has 0 aromatic carbocycles. The van der Waals surface area contributed by atoms with Crippen LogP contribution in [0.2, 0.25) is 0 Å². The fourth-order valence-electron chi connectivity index (χ4n) is 1.59. The van der Waals surface area contributed by atoms with E-state index < -0.39 is 5.97 Å². The molecule has 2 N–H and O–H groups in total. The molecule has 0 bridgehead atoms. The number of carboxylic acid groups (broad SMARTS) is 1. The quantitative estimate of drug-likeness (QED) is 0.820. The minimum Gasteiger partial charge on any atom is -0.481 e. The van der Waals surface area contributed by atoms with Crippen LogP contribution in [0.3, 0.4) is 0 Å². The van der Waals surface area contributed by atoms with Crippen LogP contribution >= 0.6 is 11.3 Å². The molecule has 1 rings (SSSR count). The molecule has 0 saturated carbocycles. The normalized spacial score (nSPS) is 14.0. The molecule has 0 fully saturated rings. The Morgan fingerprint density at radius 3 is 2.65 bits per heavy atom. The molecule has 0 aliphatic heterocycles. The largest absolute Gasteiger partial charge is 0.481 e. The van der Waals surface area contributed by atoms with Crippen LogP contribution in [0.5, 0.6) is 0 Å². The Labute approximate surface area is 105 Å². The van der Waals surface area contributed by atoms with Crippen molar-refractivity contribution in [2.75, 3.05) is 0 Å². The summed E-state index contributed by atoms with van der Waals surface area (Å²) in [6, 6.07) is 1.95. The highest BCUT2D eigenvalue weighted by atomic mass is 32.1. The zero-order chi connectivity index (χ0) is 12.8. The molecule has 94 valence electrons. The summed E-state index contributed by atoms with van der Waals surface area (Å²) in [5.74, 6) is -1.10. The zero-order valence-electron chi connectivity index (χ0n) is 9.97. The van der Waals surface area contributed by atoms with E-state index in [4.69, 9.17) is 5.11 Å². The Bertz CT molecular complexity index is 375. The van der Waals surface area contributed by atoms with Crippen molar-refractivity contribution in [2.45, 2.75) is 32.7 Å². The molecule has 1 heterocycles. The number of carbonyl (C=O) groups is 2. The molecule has 2 atom stereocenters. The van der Waals surface area contributed by atoms with E-state index in [-0.39, 0.29) is 30.7 Å². The number of hydrogen-bond acceptors (Lipinski definition) is 3. The highest BCUT2D eigenvalue weighted by Crippen LogP contribution is 2.16. The Morgan fingerprint density at radius 2 is 2.12 bits per heavy atom. The lowest BCUT2D eigenvalue weighted by molar-refractivity contribution is -0.138. The molecule has 17 heavy (non-hydrogen) atoms. The molecule has 0 saturated heterocycles. The molecule has 5 heteroatoms. The minimum atomic E-state index is -0.865. The maximum absolute atomic E-state index is 11.6. The van der Waals surface area contributed by atoms with Gasteiger partial charge in [-0.05, 0) is 35.2 Å². The molecule has 0 spiro atoms. The van der Waals surface area contributed by atoms with E-state index in [1.54, 1.807) is 18.3 Å². The Hall–Kier alpha value is -1.36. The van der Waals surface area contributed by atoms with E-state index in [1.807, 2.05) is 23.8 Å². The van der Waals surface area contributed by atoms with Gasteiger partial charge >= 0.3 is 5.97 Å². The van der Waals surface area contributed by atoms with Gasteiger partial charge in [0.25, 0.3) is 0 Å². The second kappa shape index (κ2) is 6.39. The van der Waals surface area contributed by atoms with Gasteiger partial charge in [0.05, 0.1) is 6.04 Å². The summed E-state index contributed by atoms with van der Waals surface area (Å²) < 4.78 is 0. The van der Waals surface area contributed by atoms with Crippen LogP contribution < -0.4 is 5.32 Å². The van der Waals surface area contributed by atoms with E-state index in [2.05, 4.69) is 5.32 Å². The molecular weight excluding hydrogens is 238 g/mol. The van der Waals surface area contributed by atoms with Gasteiger partial charge in [-0.3, -0.25) is 9.59 Å². The van der Waals surface area contributed by atoms with Gasteiger partial charge in [0.1, 0.15) is 0 Å². The van der Waals surface area contributed by atoms with Crippen molar-refractivity contribution in [1.29, 1.82) is 0 Å². The summed E-state index contributed by atoms with van der Waals surface area (Å²) in [5, 5.41) is 15.4. The van der Waals surface area contributed by atoms with Gasteiger partial charge in [-0.2, -0.15) is 11.3 Å². The number of amides is 1. The van der Waals surface area contributed by atoms with Crippen LogP contribution in [-0.2, 0) is 9.59 Å². The summed E-state index contributed by atoms with van der Waals surface area (Å²) in [7, 11) is 0.